The second-order valence-corrected chi connectivity index (χ2v) is 18.8. The minimum absolute atomic E-state index is 0.0187. The number of carboxylic acid groups (broad SMARTS) is 3. The minimum atomic E-state index is -0.777. The average molecular weight is 1180 g/mol. The fraction of sp³-hybridized carbons (Fsp3) is 0.788. The highest BCUT2D eigenvalue weighted by atomic mass is 35.5. The average Bonchev–Trinajstić information content (AvgIpc) is 3.72. The Kier molecular flexibility index (Phi) is 62.7. The first kappa shape index (κ1) is 79.6. The van der Waals surface area contributed by atoms with Crippen LogP contribution in [0.25, 0.3) is 0 Å². The predicted molar refractivity (Wildman–Crippen MR) is 298 cm³/mol. The monoisotopic (exact) mass is 1180 g/mol. The standard InChI is InChI=1S/C14H25ClN2O4.C12H17ClN2O5.C12H24N2O3.C8H14ClNO3.C6H15N/c15-11-13(19)17-10-5-1-3-7-12(18)16-9-6-2-4-8-14(20)21;13-8-9(16)14-7-3-1-2-4-12(19)20-15-10(17)5-6-11(15)18;13-9-5-1-3-7-11(15)14-10-6-2-4-8-12(16)17;9-6-7(11)10-5-3-1-2-4-8(12)13;1-2-3-4-5-6-7/h1-11H2,(H,16,18)(H,17,19)(H,20,21);1-8H2,(H,14,16);1-10,13H2,(H,14,15)(H,16,17);1-6H2,(H,10,11)(H,12,13);2-7H2,1H3/p+2. The maximum Gasteiger partial charge on any atom is 0.333 e. The van der Waals surface area contributed by atoms with Gasteiger partial charge in [0.2, 0.25) is 29.5 Å². The molecule has 14 N–H and O–H groups in total. The molecule has 1 saturated heterocycles. The molecule has 0 atom stereocenters. The molecule has 1 aliphatic rings. The molecule has 1 fully saturated rings. The van der Waals surface area contributed by atoms with Crippen molar-refractivity contribution >= 4 is 100 Å². The molecular weight excluding hydrogens is 1080 g/mol. The van der Waals surface area contributed by atoms with Crippen molar-refractivity contribution in [3.8, 4) is 0 Å². The van der Waals surface area contributed by atoms with Gasteiger partial charge in [-0.25, -0.2) is 4.79 Å². The molecule has 26 heteroatoms. The molecule has 0 unspecified atom stereocenters. The molecule has 7 amide bonds. The predicted octanol–water partition coefficient (Wildman–Crippen LogP) is 4.52. The van der Waals surface area contributed by atoms with Crippen molar-refractivity contribution in [2.24, 2.45) is 0 Å². The van der Waals surface area contributed by atoms with Crippen molar-refractivity contribution < 1.29 is 84.4 Å². The molecule has 0 aromatic heterocycles. The van der Waals surface area contributed by atoms with E-state index in [1.54, 1.807) is 0 Å². The minimum Gasteiger partial charge on any atom is -0.481 e. The van der Waals surface area contributed by atoms with E-state index in [1.165, 1.54) is 25.7 Å². The number of amides is 7. The number of hydroxylamine groups is 2. The highest BCUT2D eigenvalue weighted by Gasteiger charge is 2.32. The molecule has 78 heavy (non-hydrogen) atoms. The van der Waals surface area contributed by atoms with Gasteiger partial charge in [-0.05, 0) is 96.3 Å². The van der Waals surface area contributed by atoms with E-state index in [4.69, 9.17) is 55.0 Å². The normalized spacial score (nSPS) is 11.1. The van der Waals surface area contributed by atoms with E-state index in [0.29, 0.717) is 76.3 Å². The Morgan fingerprint density at radius 1 is 0.410 bits per heavy atom. The molecule has 0 spiro atoms. The first-order chi connectivity index (χ1) is 37.3. The van der Waals surface area contributed by atoms with E-state index in [9.17, 15) is 52.7 Å². The number of nitrogens with one attached hydrogen (secondary N) is 5. The second kappa shape index (κ2) is 61.4. The summed E-state index contributed by atoms with van der Waals surface area (Å²) in [7, 11) is 0. The van der Waals surface area contributed by atoms with Crippen LogP contribution in [0, 0.1) is 0 Å². The molecule has 454 valence electrons. The Bertz CT molecular complexity index is 1620. The molecule has 23 nitrogen and oxygen atoms in total. The second-order valence-electron chi connectivity index (χ2n) is 18.0. The summed E-state index contributed by atoms with van der Waals surface area (Å²) in [5.41, 5.74) is 7.51. The third kappa shape index (κ3) is 65.4. The number of halogens is 3. The van der Waals surface area contributed by atoms with Gasteiger partial charge in [-0.1, -0.05) is 51.9 Å². The van der Waals surface area contributed by atoms with Crippen molar-refractivity contribution in [1.82, 2.24) is 31.6 Å². The van der Waals surface area contributed by atoms with Gasteiger partial charge >= 0.3 is 23.9 Å². The summed E-state index contributed by atoms with van der Waals surface area (Å²) >= 11 is 15.9. The van der Waals surface area contributed by atoms with Gasteiger partial charge in [-0.15, -0.1) is 39.9 Å². The molecule has 0 saturated carbocycles. The molecule has 0 bridgehead atoms. The number of imide groups is 1. The molecule has 1 rings (SSSR count). The number of hydrogen-bond acceptors (Lipinski definition) is 12. The molecular formula is C52H97Cl3N8O15+2. The van der Waals surface area contributed by atoms with E-state index in [1.807, 2.05) is 0 Å². The lowest BCUT2D eigenvalue weighted by molar-refractivity contribution is -0.368. The Morgan fingerprint density at radius 2 is 0.679 bits per heavy atom. The lowest BCUT2D eigenvalue weighted by Gasteiger charge is -2.12. The smallest absolute Gasteiger partial charge is 0.333 e. The third-order valence-corrected chi connectivity index (χ3v) is 11.5. The maximum absolute atomic E-state index is 11.5. The number of alkyl halides is 3. The van der Waals surface area contributed by atoms with Crippen LogP contribution in [0.2, 0.25) is 0 Å². The lowest BCUT2D eigenvalue weighted by Crippen LogP contribution is -2.50. The first-order valence-corrected chi connectivity index (χ1v) is 29.3. The maximum atomic E-state index is 11.5. The van der Waals surface area contributed by atoms with E-state index in [2.05, 4.69) is 45.0 Å². The quantitative estimate of drug-likeness (QED) is 0.0228. The largest absolute Gasteiger partial charge is 0.481 e. The molecule has 0 aromatic carbocycles. The van der Waals surface area contributed by atoms with Crippen molar-refractivity contribution in [3.05, 3.63) is 0 Å². The van der Waals surface area contributed by atoms with Crippen LogP contribution < -0.4 is 38.1 Å². The summed E-state index contributed by atoms with van der Waals surface area (Å²) in [6.07, 6.45) is 21.9. The van der Waals surface area contributed by atoms with Gasteiger partial charge in [0.15, 0.2) is 0 Å². The fourth-order valence-corrected chi connectivity index (χ4v) is 6.68. The van der Waals surface area contributed by atoms with E-state index in [0.717, 1.165) is 103 Å². The number of aliphatic carboxylic acids is 3. The summed E-state index contributed by atoms with van der Waals surface area (Å²) < 4.78 is 0. The van der Waals surface area contributed by atoms with E-state index >= 15 is 0 Å². The Morgan fingerprint density at radius 3 is 0.962 bits per heavy atom. The number of carbonyl (C=O) groups is 11. The van der Waals surface area contributed by atoms with Gasteiger partial charge in [0.05, 0.1) is 13.1 Å². The van der Waals surface area contributed by atoms with Crippen molar-refractivity contribution in [1.29, 1.82) is 0 Å². The van der Waals surface area contributed by atoms with Crippen molar-refractivity contribution in [2.45, 2.75) is 200 Å². The Balaban J connectivity index is -0.000000454. The van der Waals surface area contributed by atoms with Crippen LogP contribution in [-0.4, -0.2) is 149 Å². The van der Waals surface area contributed by atoms with Gasteiger partial charge < -0.3 is 58.2 Å². The van der Waals surface area contributed by atoms with Crippen LogP contribution in [-0.2, 0) is 57.6 Å². The van der Waals surface area contributed by atoms with Gasteiger partial charge in [0.25, 0.3) is 11.8 Å². The molecule has 0 radical (unpaired) electrons. The number of rotatable bonds is 43. The van der Waals surface area contributed by atoms with Crippen molar-refractivity contribution in [3.63, 3.8) is 0 Å². The zero-order valence-electron chi connectivity index (χ0n) is 46.5. The van der Waals surface area contributed by atoms with Gasteiger partial charge in [0.1, 0.15) is 17.6 Å². The summed E-state index contributed by atoms with van der Waals surface area (Å²) in [4.78, 5) is 124. The molecule has 0 aromatic rings. The lowest BCUT2D eigenvalue weighted by atomic mass is 10.1. The summed E-state index contributed by atoms with van der Waals surface area (Å²) in [6.45, 7) is 7.21. The number of quaternary nitrogens is 2. The summed E-state index contributed by atoms with van der Waals surface area (Å²) in [5, 5.41) is 39.3. The summed E-state index contributed by atoms with van der Waals surface area (Å²) in [6, 6.07) is 0. The summed E-state index contributed by atoms with van der Waals surface area (Å²) in [5.74, 6) is -4.41. The van der Waals surface area contributed by atoms with Crippen LogP contribution in [0.3, 0.4) is 0 Å². The van der Waals surface area contributed by atoms with E-state index < -0.39 is 35.7 Å². The number of hydrogen-bond donors (Lipinski definition) is 10. The number of nitrogens with zero attached hydrogens (tertiary/aromatic N) is 1. The zero-order chi connectivity index (χ0) is 59.5. The fourth-order valence-electron chi connectivity index (χ4n) is 6.40. The molecule has 0 aliphatic carbocycles. The number of carboxylic acids is 3. The molecule has 1 heterocycles. The van der Waals surface area contributed by atoms with Gasteiger partial charge in [-0.3, -0.25) is 47.9 Å². The number of unbranched alkanes of at least 4 members (excludes halogenated alkanes) is 15. The SMILES string of the molecule is CCCCCC[NH3+].O=C(CCl)NCCCCCC(=O)ON1C(=O)CCC1=O.O=C(O)CCCCCNC(=O)CCCCCNC(=O)CCl.O=C(O)CCCCCNC(=O)CCl.[NH3+]CCCCCC(=O)NCCCCCC(=O)O. The van der Waals surface area contributed by atoms with E-state index in [-0.39, 0.29) is 85.7 Å². The highest BCUT2D eigenvalue weighted by molar-refractivity contribution is 6.27. The third-order valence-electron chi connectivity index (χ3n) is 10.8. The van der Waals surface area contributed by atoms with Crippen LogP contribution >= 0.6 is 34.8 Å². The van der Waals surface area contributed by atoms with Gasteiger partial charge in [0, 0.05) is 84.1 Å². The Hall–Kier alpha value is -4.84. The first-order valence-electron chi connectivity index (χ1n) is 27.7. The zero-order valence-corrected chi connectivity index (χ0v) is 48.8. The van der Waals surface area contributed by atoms with Crippen LogP contribution in [0.1, 0.15) is 200 Å². The molecule has 1 aliphatic heterocycles. The highest BCUT2D eigenvalue weighted by Crippen LogP contribution is 2.13. The van der Waals surface area contributed by atoms with Crippen LogP contribution in [0.5, 0.6) is 0 Å². The number of carbonyl (C=O) groups excluding carboxylic acids is 8. The Labute approximate surface area is 477 Å². The van der Waals surface area contributed by atoms with Crippen molar-refractivity contribution in [2.75, 3.05) is 63.5 Å². The van der Waals surface area contributed by atoms with Gasteiger partial charge in [-0.2, -0.15) is 0 Å². The topological polar surface area (TPSA) is 376 Å². The van der Waals surface area contributed by atoms with Crippen LogP contribution in [0.4, 0.5) is 0 Å². The van der Waals surface area contributed by atoms with Crippen LogP contribution in [0.15, 0.2) is 0 Å².